The van der Waals surface area contributed by atoms with Gasteiger partial charge in [0.15, 0.2) is 11.6 Å². The van der Waals surface area contributed by atoms with Gasteiger partial charge < -0.3 is 15.2 Å². The van der Waals surface area contributed by atoms with Gasteiger partial charge in [-0.15, -0.1) is 0 Å². The van der Waals surface area contributed by atoms with Gasteiger partial charge in [-0.25, -0.2) is 4.39 Å². The maximum Gasteiger partial charge on any atom is 0.169 e. The largest absolute Gasteiger partial charge is 0.494 e. The lowest BCUT2D eigenvalue weighted by Crippen LogP contribution is -2.26. The van der Waals surface area contributed by atoms with E-state index in [-0.39, 0.29) is 18.2 Å². The number of hydrogen-bond donors (Lipinski definition) is 2. The molecule has 1 aromatic rings. The summed E-state index contributed by atoms with van der Waals surface area (Å²) < 4.78 is 18.9. The molecule has 1 aliphatic carbocycles. The van der Waals surface area contributed by atoms with E-state index < -0.39 is 0 Å². The number of benzene rings is 1. The van der Waals surface area contributed by atoms with Gasteiger partial charge in [-0.05, 0) is 37.3 Å². The Balaban J connectivity index is 1.86. The molecule has 4 heteroatoms. The number of ether oxygens (including phenoxy) is 1. The zero-order chi connectivity index (χ0) is 13.7. The molecule has 1 aromatic carbocycles. The highest BCUT2D eigenvalue weighted by Crippen LogP contribution is 2.30. The van der Waals surface area contributed by atoms with Crippen molar-refractivity contribution in [2.24, 2.45) is 11.8 Å². The number of halogens is 1. The Kier molecular flexibility index (Phi) is 5.16. The van der Waals surface area contributed by atoms with Crippen LogP contribution in [0.25, 0.3) is 0 Å². The van der Waals surface area contributed by atoms with Crippen molar-refractivity contribution in [3.63, 3.8) is 0 Å². The Hall–Kier alpha value is -1.13. The van der Waals surface area contributed by atoms with Gasteiger partial charge in [0.05, 0.1) is 7.11 Å². The van der Waals surface area contributed by atoms with E-state index in [9.17, 15) is 9.50 Å². The predicted octanol–water partition coefficient (Wildman–Crippen LogP) is 2.33. The highest BCUT2D eigenvalue weighted by Gasteiger charge is 2.25. The predicted molar refractivity (Wildman–Crippen MR) is 72.6 cm³/mol. The van der Waals surface area contributed by atoms with Crippen LogP contribution in [0, 0.1) is 17.7 Å². The summed E-state index contributed by atoms with van der Waals surface area (Å²) in [6, 6.07) is 5.19. The number of rotatable bonds is 6. The lowest BCUT2D eigenvalue weighted by atomic mass is 9.97. The summed E-state index contributed by atoms with van der Waals surface area (Å²) in [6.07, 6.45) is 3.44. The van der Waals surface area contributed by atoms with E-state index >= 15 is 0 Å². The average Bonchev–Trinajstić information content (AvgIpc) is 2.88. The van der Waals surface area contributed by atoms with Crippen LogP contribution in [0.4, 0.5) is 4.39 Å². The van der Waals surface area contributed by atoms with E-state index in [0.717, 1.165) is 19.4 Å². The molecule has 0 spiro atoms. The summed E-state index contributed by atoms with van der Waals surface area (Å²) in [4.78, 5) is 0. The molecule has 2 unspecified atom stereocenters. The number of aliphatic hydroxyl groups excluding tert-OH is 1. The third kappa shape index (κ3) is 3.45. The van der Waals surface area contributed by atoms with Crippen LogP contribution in [0.2, 0.25) is 0 Å². The van der Waals surface area contributed by atoms with Crippen molar-refractivity contribution in [3.8, 4) is 5.75 Å². The van der Waals surface area contributed by atoms with Gasteiger partial charge in [-0.3, -0.25) is 0 Å². The minimum Gasteiger partial charge on any atom is -0.494 e. The van der Waals surface area contributed by atoms with Crippen molar-refractivity contribution in [2.75, 3.05) is 20.3 Å². The molecular formula is C15H22FNO2. The quantitative estimate of drug-likeness (QED) is 0.831. The van der Waals surface area contributed by atoms with Gasteiger partial charge in [0, 0.05) is 18.7 Å². The van der Waals surface area contributed by atoms with Crippen molar-refractivity contribution >= 4 is 0 Å². The number of methoxy groups -OCH3 is 1. The van der Waals surface area contributed by atoms with Gasteiger partial charge in [0.25, 0.3) is 0 Å². The molecule has 1 fully saturated rings. The fourth-order valence-corrected chi connectivity index (χ4v) is 2.87. The highest BCUT2D eigenvalue weighted by atomic mass is 19.1. The second kappa shape index (κ2) is 6.87. The summed E-state index contributed by atoms with van der Waals surface area (Å²) in [6.45, 7) is 1.60. The maximum atomic E-state index is 13.9. The molecule has 2 atom stereocenters. The van der Waals surface area contributed by atoms with Crippen LogP contribution in [0.5, 0.6) is 5.75 Å². The zero-order valence-electron chi connectivity index (χ0n) is 11.4. The number of hydrogen-bond acceptors (Lipinski definition) is 3. The average molecular weight is 267 g/mol. The van der Waals surface area contributed by atoms with Crippen LogP contribution in [0.15, 0.2) is 18.2 Å². The van der Waals surface area contributed by atoms with Crippen LogP contribution < -0.4 is 10.1 Å². The summed E-state index contributed by atoms with van der Waals surface area (Å²) in [5.41, 5.74) is 0.623. The molecule has 1 aliphatic rings. The lowest BCUT2D eigenvalue weighted by molar-refractivity contribution is 0.192. The fraction of sp³-hybridized carbons (Fsp3) is 0.600. The Morgan fingerprint density at radius 1 is 1.37 bits per heavy atom. The van der Waals surface area contributed by atoms with Crippen LogP contribution >= 0.6 is 0 Å². The second-order valence-electron chi connectivity index (χ2n) is 5.20. The standard InChI is InChI=1S/C15H22FNO2/c1-19-14-7-3-5-12(15(14)16)9-17-8-11-4-2-6-13(11)10-18/h3,5,7,11,13,17-18H,2,4,6,8-10H2,1H3. The van der Waals surface area contributed by atoms with Crippen LogP contribution in [0.1, 0.15) is 24.8 Å². The minimum atomic E-state index is -0.289. The monoisotopic (exact) mass is 267 g/mol. The first kappa shape index (κ1) is 14.3. The molecule has 0 heterocycles. The topological polar surface area (TPSA) is 41.5 Å². The van der Waals surface area contributed by atoms with Crippen molar-refractivity contribution in [1.29, 1.82) is 0 Å². The van der Waals surface area contributed by atoms with E-state index in [4.69, 9.17) is 4.74 Å². The third-order valence-corrected chi connectivity index (χ3v) is 4.04. The first-order valence-electron chi connectivity index (χ1n) is 6.89. The van der Waals surface area contributed by atoms with Gasteiger partial charge >= 0.3 is 0 Å². The molecule has 3 nitrogen and oxygen atoms in total. The molecule has 0 amide bonds. The van der Waals surface area contributed by atoms with Gasteiger partial charge in [-0.1, -0.05) is 18.6 Å². The summed E-state index contributed by atoms with van der Waals surface area (Å²) in [5.74, 6) is 0.914. The fourth-order valence-electron chi connectivity index (χ4n) is 2.87. The zero-order valence-corrected chi connectivity index (χ0v) is 11.4. The van der Waals surface area contributed by atoms with E-state index in [2.05, 4.69) is 5.32 Å². The first-order chi connectivity index (χ1) is 9.26. The molecule has 0 aliphatic heterocycles. The van der Waals surface area contributed by atoms with Gasteiger partial charge in [-0.2, -0.15) is 0 Å². The lowest BCUT2D eigenvalue weighted by Gasteiger charge is -2.18. The Bertz CT molecular complexity index is 411. The SMILES string of the molecule is COc1cccc(CNCC2CCCC2CO)c1F. The number of aliphatic hydroxyl groups is 1. The first-order valence-corrected chi connectivity index (χ1v) is 6.89. The smallest absolute Gasteiger partial charge is 0.169 e. The van der Waals surface area contributed by atoms with Crippen LogP contribution in [0.3, 0.4) is 0 Å². The Labute approximate surface area is 113 Å². The van der Waals surface area contributed by atoms with Crippen LogP contribution in [-0.2, 0) is 6.54 Å². The summed E-state index contributed by atoms with van der Waals surface area (Å²) >= 11 is 0. The minimum absolute atomic E-state index is 0.264. The summed E-state index contributed by atoms with van der Waals surface area (Å²) in [5, 5.41) is 12.6. The Morgan fingerprint density at radius 2 is 2.16 bits per heavy atom. The van der Waals surface area contributed by atoms with E-state index in [1.807, 2.05) is 0 Å². The second-order valence-corrected chi connectivity index (χ2v) is 5.20. The van der Waals surface area contributed by atoms with Crippen molar-refractivity contribution in [2.45, 2.75) is 25.8 Å². The van der Waals surface area contributed by atoms with Crippen molar-refractivity contribution < 1.29 is 14.2 Å². The molecule has 2 N–H and O–H groups in total. The van der Waals surface area contributed by atoms with Crippen molar-refractivity contribution in [1.82, 2.24) is 5.32 Å². The molecule has 2 rings (SSSR count). The molecule has 0 bridgehead atoms. The highest BCUT2D eigenvalue weighted by molar-refractivity contribution is 5.30. The van der Waals surface area contributed by atoms with E-state index in [1.54, 1.807) is 18.2 Å². The normalized spacial score (nSPS) is 22.7. The molecule has 1 saturated carbocycles. The molecule has 106 valence electrons. The van der Waals surface area contributed by atoms with E-state index in [1.165, 1.54) is 13.5 Å². The van der Waals surface area contributed by atoms with E-state index in [0.29, 0.717) is 23.9 Å². The third-order valence-electron chi connectivity index (χ3n) is 4.04. The molecule has 19 heavy (non-hydrogen) atoms. The van der Waals surface area contributed by atoms with Crippen LogP contribution in [-0.4, -0.2) is 25.4 Å². The van der Waals surface area contributed by atoms with Gasteiger partial charge in [0.1, 0.15) is 0 Å². The number of nitrogens with one attached hydrogen (secondary N) is 1. The molecular weight excluding hydrogens is 245 g/mol. The molecule has 0 saturated heterocycles. The maximum absolute atomic E-state index is 13.9. The Morgan fingerprint density at radius 3 is 2.89 bits per heavy atom. The van der Waals surface area contributed by atoms with Gasteiger partial charge in [0.2, 0.25) is 0 Å². The van der Waals surface area contributed by atoms with Crippen molar-refractivity contribution in [3.05, 3.63) is 29.6 Å². The molecule has 0 radical (unpaired) electrons. The molecule has 0 aromatic heterocycles. The summed E-state index contributed by atoms with van der Waals surface area (Å²) in [7, 11) is 1.47.